The number of para-hydroxylation sites is 1. The summed E-state index contributed by atoms with van der Waals surface area (Å²) in [6.07, 6.45) is 2.46. The minimum absolute atomic E-state index is 0.271. The van der Waals surface area contributed by atoms with Gasteiger partial charge in [-0.05, 0) is 38.9 Å². The Hall–Kier alpha value is -2.01. The van der Waals surface area contributed by atoms with Crippen LogP contribution in [-0.2, 0) is 0 Å². The third-order valence-electron chi connectivity index (χ3n) is 3.04. The van der Waals surface area contributed by atoms with Crippen LogP contribution in [0.15, 0.2) is 30.5 Å². The Balaban J connectivity index is 2.47. The van der Waals surface area contributed by atoms with Crippen molar-refractivity contribution in [1.29, 1.82) is 0 Å². The fourth-order valence-corrected chi connectivity index (χ4v) is 2.04. The zero-order chi connectivity index (χ0) is 14.5. The second-order valence-corrected chi connectivity index (χ2v) is 4.67. The average molecular weight is 274 g/mol. The predicted octanol–water partition coefficient (Wildman–Crippen LogP) is 2.72. The van der Waals surface area contributed by atoms with Crippen molar-refractivity contribution < 1.29 is 4.39 Å². The standard InChI is InChI=1S/C15H19FN4/c1-11-10-18-12(2)15(19-11)20(9-5-8-17)14-7-4-3-6-13(14)16/h3-4,6-7,10H,5,8-9,17H2,1-2H3. The molecule has 20 heavy (non-hydrogen) atoms. The van der Waals surface area contributed by atoms with E-state index in [1.54, 1.807) is 18.3 Å². The van der Waals surface area contributed by atoms with Gasteiger partial charge in [-0.25, -0.2) is 9.37 Å². The number of nitrogens with two attached hydrogens (primary N) is 1. The van der Waals surface area contributed by atoms with Crippen molar-refractivity contribution in [3.05, 3.63) is 47.7 Å². The van der Waals surface area contributed by atoms with Gasteiger partial charge in [0.25, 0.3) is 0 Å². The summed E-state index contributed by atoms with van der Waals surface area (Å²) in [6.45, 7) is 4.90. The molecule has 0 aliphatic carbocycles. The molecule has 4 nitrogen and oxygen atoms in total. The minimum atomic E-state index is -0.271. The van der Waals surface area contributed by atoms with Gasteiger partial charge in [-0.2, -0.15) is 0 Å². The summed E-state index contributed by atoms with van der Waals surface area (Å²) < 4.78 is 14.1. The highest BCUT2D eigenvalue weighted by Gasteiger charge is 2.17. The first kappa shape index (κ1) is 14.4. The molecule has 2 N–H and O–H groups in total. The summed E-state index contributed by atoms with van der Waals surface area (Å²) in [7, 11) is 0. The van der Waals surface area contributed by atoms with E-state index in [0.717, 1.165) is 17.8 Å². The van der Waals surface area contributed by atoms with Crippen LogP contribution in [-0.4, -0.2) is 23.1 Å². The fourth-order valence-electron chi connectivity index (χ4n) is 2.04. The molecule has 1 aromatic carbocycles. The lowest BCUT2D eigenvalue weighted by Gasteiger charge is -2.25. The number of nitrogens with zero attached hydrogens (tertiary/aromatic N) is 3. The third kappa shape index (κ3) is 3.11. The number of hydrogen-bond acceptors (Lipinski definition) is 4. The first-order valence-corrected chi connectivity index (χ1v) is 6.66. The Bertz CT molecular complexity index is 586. The van der Waals surface area contributed by atoms with Crippen molar-refractivity contribution >= 4 is 11.5 Å². The maximum Gasteiger partial charge on any atom is 0.154 e. The second kappa shape index (κ2) is 6.43. The maximum absolute atomic E-state index is 14.1. The van der Waals surface area contributed by atoms with Crippen LogP contribution >= 0.6 is 0 Å². The lowest BCUT2D eigenvalue weighted by Crippen LogP contribution is -2.24. The predicted molar refractivity (Wildman–Crippen MR) is 78.6 cm³/mol. The number of hydrogen-bond donors (Lipinski definition) is 1. The summed E-state index contributed by atoms with van der Waals surface area (Å²) in [4.78, 5) is 10.6. The van der Waals surface area contributed by atoms with E-state index >= 15 is 0 Å². The SMILES string of the molecule is Cc1cnc(C)c(N(CCCN)c2ccccc2F)n1. The van der Waals surface area contributed by atoms with Gasteiger partial charge < -0.3 is 10.6 Å². The van der Waals surface area contributed by atoms with Crippen LogP contribution in [0.3, 0.4) is 0 Å². The Morgan fingerprint density at radius 1 is 1.25 bits per heavy atom. The fraction of sp³-hybridized carbons (Fsp3) is 0.333. The lowest BCUT2D eigenvalue weighted by atomic mass is 10.2. The normalized spacial score (nSPS) is 10.6. The van der Waals surface area contributed by atoms with Crippen LogP contribution in [0.25, 0.3) is 0 Å². The molecular formula is C15H19FN4. The highest BCUT2D eigenvalue weighted by molar-refractivity contribution is 5.62. The molecular weight excluding hydrogens is 255 g/mol. The Morgan fingerprint density at radius 2 is 2.00 bits per heavy atom. The van der Waals surface area contributed by atoms with E-state index in [9.17, 15) is 4.39 Å². The lowest BCUT2D eigenvalue weighted by molar-refractivity contribution is 0.622. The maximum atomic E-state index is 14.1. The van der Waals surface area contributed by atoms with E-state index in [2.05, 4.69) is 9.97 Å². The van der Waals surface area contributed by atoms with Gasteiger partial charge in [0.2, 0.25) is 0 Å². The van der Waals surface area contributed by atoms with Crippen LogP contribution in [0.2, 0.25) is 0 Å². The summed E-state index contributed by atoms with van der Waals surface area (Å²) in [5, 5.41) is 0. The molecule has 2 rings (SSSR count). The first-order chi connectivity index (χ1) is 9.63. The highest BCUT2D eigenvalue weighted by Crippen LogP contribution is 2.28. The van der Waals surface area contributed by atoms with Crippen molar-refractivity contribution in [3.63, 3.8) is 0 Å². The molecule has 0 unspecified atom stereocenters. The molecule has 0 aliphatic heterocycles. The highest BCUT2D eigenvalue weighted by atomic mass is 19.1. The van der Waals surface area contributed by atoms with Crippen molar-refractivity contribution in [1.82, 2.24) is 9.97 Å². The molecule has 0 spiro atoms. The molecule has 0 fully saturated rings. The van der Waals surface area contributed by atoms with E-state index in [0.29, 0.717) is 24.6 Å². The minimum Gasteiger partial charge on any atom is -0.330 e. The molecule has 0 aliphatic rings. The van der Waals surface area contributed by atoms with Crippen molar-refractivity contribution in [3.8, 4) is 0 Å². The monoisotopic (exact) mass is 274 g/mol. The van der Waals surface area contributed by atoms with Crippen LogP contribution in [0.4, 0.5) is 15.9 Å². The molecule has 0 saturated heterocycles. The van der Waals surface area contributed by atoms with Gasteiger partial charge >= 0.3 is 0 Å². The molecule has 5 heteroatoms. The van der Waals surface area contributed by atoms with Gasteiger partial charge in [0.05, 0.1) is 17.1 Å². The van der Waals surface area contributed by atoms with Crippen LogP contribution < -0.4 is 10.6 Å². The summed E-state index contributed by atoms with van der Waals surface area (Å²) in [6, 6.07) is 6.68. The quantitative estimate of drug-likeness (QED) is 0.910. The van der Waals surface area contributed by atoms with Crippen molar-refractivity contribution in [2.45, 2.75) is 20.3 Å². The Morgan fingerprint density at radius 3 is 2.70 bits per heavy atom. The van der Waals surface area contributed by atoms with Crippen LogP contribution in [0.5, 0.6) is 0 Å². The van der Waals surface area contributed by atoms with E-state index < -0.39 is 0 Å². The van der Waals surface area contributed by atoms with Crippen molar-refractivity contribution in [2.75, 3.05) is 18.0 Å². The number of halogens is 1. The molecule has 0 bridgehead atoms. The van der Waals surface area contributed by atoms with Crippen LogP contribution in [0.1, 0.15) is 17.8 Å². The Kier molecular flexibility index (Phi) is 4.63. The molecule has 1 aromatic heterocycles. The Labute approximate surface area is 118 Å². The molecule has 0 saturated carbocycles. The largest absolute Gasteiger partial charge is 0.330 e. The number of aromatic nitrogens is 2. The van der Waals surface area contributed by atoms with Crippen molar-refractivity contribution in [2.24, 2.45) is 5.73 Å². The van der Waals surface area contributed by atoms with E-state index in [1.807, 2.05) is 24.8 Å². The first-order valence-electron chi connectivity index (χ1n) is 6.66. The molecule has 0 amide bonds. The second-order valence-electron chi connectivity index (χ2n) is 4.67. The number of benzene rings is 1. The van der Waals surface area contributed by atoms with Gasteiger partial charge in [0, 0.05) is 12.7 Å². The zero-order valence-electron chi connectivity index (χ0n) is 11.8. The molecule has 0 radical (unpaired) electrons. The number of anilines is 2. The summed E-state index contributed by atoms with van der Waals surface area (Å²) in [5.74, 6) is 0.413. The van der Waals surface area contributed by atoms with E-state index in [4.69, 9.17) is 5.73 Å². The topological polar surface area (TPSA) is 55.0 Å². The smallest absolute Gasteiger partial charge is 0.154 e. The average Bonchev–Trinajstić information content (AvgIpc) is 2.44. The zero-order valence-corrected chi connectivity index (χ0v) is 11.8. The van der Waals surface area contributed by atoms with Gasteiger partial charge in [0.15, 0.2) is 5.82 Å². The van der Waals surface area contributed by atoms with Crippen LogP contribution in [0, 0.1) is 19.7 Å². The molecule has 0 atom stereocenters. The number of rotatable bonds is 5. The molecule has 2 aromatic rings. The number of aryl methyl sites for hydroxylation is 2. The van der Waals surface area contributed by atoms with Gasteiger partial charge in [0.1, 0.15) is 5.82 Å². The summed E-state index contributed by atoms with van der Waals surface area (Å²) in [5.41, 5.74) is 7.67. The molecule has 1 heterocycles. The molecule has 106 valence electrons. The van der Waals surface area contributed by atoms with Gasteiger partial charge in [-0.1, -0.05) is 12.1 Å². The van der Waals surface area contributed by atoms with Gasteiger partial charge in [-0.3, -0.25) is 4.98 Å². The third-order valence-corrected chi connectivity index (χ3v) is 3.04. The van der Waals surface area contributed by atoms with E-state index in [1.165, 1.54) is 6.07 Å². The van der Waals surface area contributed by atoms with Gasteiger partial charge in [-0.15, -0.1) is 0 Å². The van der Waals surface area contributed by atoms with E-state index in [-0.39, 0.29) is 5.82 Å². The summed E-state index contributed by atoms with van der Waals surface area (Å²) >= 11 is 0.